The van der Waals surface area contributed by atoms with Crippen molar-refractivity contribution in [2.24, 2.45) is 5.10 Å². The molecule has 0 bridgehead atoms. The number of hydrazone groups is 1. The summed E-state index contributed by atoms with van der Waals surface area (Å²) in [6.45, 7) is 1.68. The predicted octanol–water partition coefficient (Wildman–Crippen LogP) is 3.43. The van der Waals surface area contributed by atoms with E-state index in [1.807, 2.05) is 29.6 Å². The van der Waals surface area contributed by atoms with Crippen LogP contribution in [0.1, 0.15) is 11.8 Å². The summed E-state index contributed by atoms with van der Waals surface area (Å²) in [7, 11) is 0. The minimum Gasteiger partial charge on any atom is -0.481 e. The average Bonchev–Trinajstić information content (AvgIpc) is 2.91. The van der Waals surface area contributed by atoms with Gasteiger partial charge in [0.15, 0.2) is 6.10 Å². The van der Waals surface area contributed by atoms with E-state index in [9.17, 15) is 4.79 Å². The van der Waals surface area contributed by atoms with Gasteiger partial charge in [-0.3, -0.25) is 4.79 Å². The summed E-state index contributed by atoms with van der Waals surface area (Å²) in [5, 5.41) is 5.84. The molecule has 0 saturated heterocycles. The van der Waals surface area contributed by atoms with E-state index in [-0.39, 0.29) is 5.91 Å². The van der Waals surface area contributed by atoms with Crippen molar-refractivity contribution in [1.29, 1.82) is 0 Å². The van der Waals surface area contributed by atoms with Gasteiger partial charge in [0.1, 0.15) is 5.75 Å². The van der Waals surface area contributed by atoms with Gasteiger partial charge in [0.2, 0.25) is 0 Å². The van der Waals surface area contributed by atoms with Crippen molar-refractivity contribution in [3.8, 4) is 5.75 Å². The van der Waals surface area contributed by atoms with Crippen LogP contribution < -0.4 is 10.2 Å². The molecular formula is C14H13BrN2O2S. The van der Waals surface area contributed by atoms with E-state index in [1.54, 1.807) is 36.6 Å². The first-order valence-electron chi connectivity index (χ1n) is 5.94. The second-order valence-corrected chi connectivity index (χ2v) is 5.86. The largest absolute Gasteiger partial charge is 0.481 e. The van der Waals surface area contributed by atoms with Crippen molar-refractivity contribution in [2.45, 2.75) is 13.0 Å². The molecule has 1 aromatic heterocycles. The van der Waals surface area contributed by atoms with Gasteiger partial charge in [0.05, 0.1) is 6.21 Å². The number of ether oxygens (including phenoxy) is 1. The van der Waals surface area contributed by atoms with E-state index in [0.717, 1.165) is 9.35 Å². The van der Waals surface area contributed by atoms with Gasteiger partial charge in [-0.25, -0.2) is 5.43 Å². The van der Waals surface area contributed by atoms with E-state index in [4.69, 9.17) is 4.74 Å². The molecule has 0 radical (unpaired) electrons. The van der Waals surface area contributed by atoms with Crippen LogP contribution in [0.25, 0.3) is 0 Å². The SMILES string of the molecule is C[C@@H](Oc1cccc(Br)c1)C(=O)N/N=C\c1cccs1. The monoisotopic (exact) mass is 352 g/mol. The highest BCUT2D eigenvalue weighted by Gasteiger charge is 2.13. The molecule has 0 saturated carbocycles. The maximum atomic E-state index is 11.8. The molecule has 0 aliphatic heterocycles. The van der Waals surface area contributed by atoms with Gasteiger partial charge >= 0.3 is 0 Å². The zero-order valence-corrected chi connectivity index (χ0v) is 13.1. The van der Waals surface area contributed by atoms with Crippen LogP contribution in [0.15, 0.2) is 51.4 Å². The average molecular weight is 353 g/mol. The molecule has 1 aromatic carbocycles. The third kappa shape index (κ3) is 4.47. The second kappa shape index (κ2) is 7.21. The van der Waals surface area contributed by atoms with Crippen LogP contribution in [0.3, 0.4) is 0 Å². The Kier molecular flexibility index (Phi) is 5.31. The Morgan fingerprint density at radius 3 is 3.00 bits per heavy atom. The van der Waals surface area contributed by atoms with Gasteiger partial charge in [-0.05, 0) is 36.6 Å². The Balaban J connectivity index is 1.86. The molecular weight excluding hydrogens is 340 g/mol. The van der Waals surface area contributed by atoms with Gasteiger partial charge in [-0.2, -0.15) is 5.10 Å². The quantitative estimate of drug-likeness (QED) is 0.661. The summed E-state index contributed by atoms with van der Waals surface area (Å²) in [6.07, 6.45) is 0.985. The van der Waals surface area contributed by atoms with Crippen molar-refractivity contribution in [2.75, 3.05) is 0 Å². The lowest BCUT2D eigenvalue weighted by molar-refractivity contribution is -0.127. The van der Waals surface area contributed by atoms with Crippen molar-refractivity contribution in [3.63, 3.8) is 0 Å². The molecule has 0 aliphatic rings. The molecule has 20 heavy (non-hydrogen) atoms. The number of hydrogen-bond acceptors (Lipinski definition) is 4. The van der Waals surface area contributed by atoms with E-state index < -0.39 is 6.10 Å². The normalized spacial score (nSPS) is 12.3. The number of benzene rings is 1. The number of carbonyl (C=O) groups excluding carboxylic acids is 1. The number of halogens is 1. The number of nitrogens with zero attached hydrogens (tertiary/aromatic N) is 1. The van der Waals surface area contributed by atoms with Gasteiger partial charge in [0, 0.05) is 9.35 Å². The number of thiophene rings is 1. The minimum absolute atomic E-state index is 0.294. The summed E-state index contributed by atoms with van der Waals surface area (Å²) in [5.74, 6) is 0.335. The van der Waals surface area contributed by atoms with Gasteiger partial charge in [-0.1, -0.05) is 28.1 Å². The van der Waals surface area contributed by atoms with Crippen molar-refractivity contribution >= 4 is 39.4 Å². The molecule has 0 aliphatic carbocycles. The smallest absolute Gasteiger partial charge is 0.280 e. The van der Waals surface area contributed by atoms with E-state index >= 15 is 0 Å². The molecule has 0 unspecified atom stereocenters. The lowest BCUT2D eigenvalue weighted by atomic mass is 10.3. The highest BCUT2D eigenvalue weighted by Crippen LogP contribution is 2.18. The molecule has 4 nitrogen and oxygen atoms in total. The minimum atomic E-state index is -0.621. The van der Waals surface area contributed by atoms with Crippen LogP contribution >= 0.6 is 27.3 Å². The molecule has 1 heterocycles. The molecule has 2 aromatic rings. The molecule has 6 heteroatoms. The number of nitrogens with one attached hydrogen (secondary N) is 1. The zero-order valence-electron chi connectivity index (χ0n) is 10.7. The highest BCUT2D eigenvalue weighted by atomic mass is 79.9. The van der Waals surface area contributed by atoms with Crippen molar-refractivity contribution in [1.82, 2.24) is 5.43 Å². The zero-order chi connectivity index (χ0) is 14.4. The molecule has 1 amide bonds. The Bertz CT molecular complexity index is 599. The highest BCUT2D eigenvalue weighted by molar-refractivity contribution is 9.10. The summed E-state index contributed by atoms with van der Waals surface area (Å²) >= 11 is 4.90. The Labute approximate surface area is 129 Å². The van der Waals surface area contributed by atoms with Crippen LogP contribution in [-0.2, 0) is 4.79 Å². The fourth-order valence-electron chi connectivity index (χ4n) is 1.41. The van der Waals surface area contributed by atoms with Crippen LogP contribution in [0.4, 0.5) is 0 Å². The standard InChI is InChI=1S/C14H13BrN2O2S/c1-10(19-12-5-2-4-11(15)8-12)14(18)17-16-9-13-6-3-7-20-13/h2-10H,1H3,(H,17,18)/b16-9-/t10-/m1/s1. The molecule has 0 fully saturated rings. The van der Waals surface area contributed by atoms with Gasteiger partial charge in [0.25, 0.3) is 5.91 Å². The van der Waals surface area contributed by atoms with E-state index in [0.29, 0.717) is 5.75 Å². The lowest BCUT2D eigenvalue weighted by Crippen LogP contribution is -2.33. The van der Waals surface area contributed by atoms with Crippen molar-refractivity contribution < 1.29 is 9.53 Å². The van der Waals surface area contributed by atoms with Crippen molar-refractivity contribution in [3.05, 3.63) is 51.1 Å². The van der Waals surface area contributed by atoms with Crippen LogP contribution in [0, 0.1) is 0 Å². The first-order valence-corrected chi connectivity index (χ1v) is 7.61. The topological polar surface area (TPSA) is 50.7 Å². The molecule has 1 N–H and O–H groups in total. The Hall–Kier alpha value is -1.66. The Morgan fingerprint density at radius 2 is 2.30 bits per heavy atom. The molecule has 104 valence electrons. The first-order chi connectivity index (χ1) is 9.65. The lowest BCUT2D eigenvalue weighted by Gasteiger charge is -2.12. The number of hydrogen-bond donors (Lipinski definition) is 1. The fraction of sp³-hybridized carbons (Fsp3) is 0.143. The van der Waals surface area contributed by atoms with Crippen LogP contribution in [-0.4, -0.2) is 18.2 Å². The molecule has 0 spiro atoms. The number of carbonyl (C=O) groups is 1. The second-order valence-electron chi connectivity index (χ2n) is 3.97. The summed E-state index contributed by atoms with van der Waals surface area (Å²) in [4.78, 5) is 12.8. The summed E-state index contributed by atoms with van der Waals surface area (Å²) in [6, 6.07) is 11.2. The van der Waals surface area contributed by atoms with E-state index in [1.165, 1.54) is 0 Å². The molecule has 1 atom stereocenters. The predicted molar refractivity (Wildman–Crippen MR) is 84.3 cm³/mol. The third-order valence-electron chi connectivity index (χ3n) is 2.39. The summed E-state index contributed by atoms with van der Waals surface area (Å²) in [5.41, 5.74) is 2.46. The molecule has 2 rings (SSSR count). The maximum Gasteiger partial charge on any atom is 0.280 e. The maximum absolute atomic E-state index is 11.8. The Morgan fingerprint density at radius 1 is 1.45 bits per heavy atom. The first kappa shape index (κ1) is 14.7. The van der Waals surface area contributed by atoms with Gasteiger partial charge in [-0.15, -0.1) is 11.3 Å². The van der Waals surface area contributed by atoms with Crippen LogP contribution in [0.2, 0.25) is 0 Å². The van der Waals surface area contributed by atoms with Gasteiger partial charge < -0.3 is 4.74 Å². The van der Waals surface area contributed by atoms with Crippen LogP contribution in [0.5, 0.6) is 5.75 Å². The third-order valence-corrected chi connectivity index (χ3v) is 3.69. The summed E-state index contributed by atoms with van der Waals surface area (Å²) < 4.78 is 6.43. The fourth-order valence-corrected chi connectivity index (χ4v) is 2.38. The van der Waals surface area contributed by atoms with E-state index in [2.05, 4.69) is 26.5 Å². The number of rotatable bonds is 5. The number of amides is 1.